The van der Waals surface area contributed by atoms with Gasteiger partial charge >= 0.3 is 0 Å². The normalized spacial score (nSPS) is 14.9. The van der Waals surface area contributed by atoms with E-state index in [1.165, 1.54) is 4.88 Å². The lowest BCUT2D eigenvalue weighted by Crippen LogP contribution is -2.27. The predicted molar refractivity (Wildman–Crippen MR) is 171 cm³/mol. The molecule has 0 spiro atoms. The zero-order valence-electron chi connectivity index (χ0n) is 23.4. The van der Waals surface area contributed by atoms with Gasteiger partial charge in [-0.1, -0.05) is 57.2 Å². The lowest BCUT2D eigenvalue weighted by molar-refractivity contribution is 0.102. The van der Waals surface area contributed by atoms with Gasteiger partial charge in [-0.2, -0.15) is 5.26 Å². The number of nitrogens with zero attached hydrogens (tertiary/aromatic N) is 2. The van der Waals surface area contributed by atoms with Crippen LogP contribution >= 0.6 is 27.3 Å². The Balaban J connectivity index is 1.39. The lowest BCUT2D eigenvalue weighted by Gasteiger charge is -2.33. The molecule has 0 bridgehead atoms. The van der Waals surface area contributed by atoms with Crippen molar-refractivity contribution in [3.8, 4) is 11.8 Å². The Morgan fingerprint density at radius 3 is 2.63 bits per heavy atom. The fraction of sp³-hybridized carbons (Fsp3) is 0.265. The van der Waals surface area contributed by atoms with E-state index in [1.54, 1.807) is 23.6 Å². The van der Waals surface area contributed by atoms with Crippen LogP contribution in [0.1, 0.15) is 64.7 Å². The van der Waals surface area contributed by atoms with E-state index in [1.807, 2.05) is 66.7 Å². The molecule has 1 N–H and O–H groups in total. The molecule has 3 aromatic carbocycles. The van der Waals surface area contributed by atoms with Gasteiger partial charge in [0.1, 0.15) is 17.4 Å². The third-order valence-corrected chi connectivity index (χ3v) is 9.32. The maximum atomic E-state index is 13.6. The lowest BCUT2D eigenvalue weighted by atomic mass is 9.72. The molecule has 1 aromatic heterocycles. The first-order valence-electron chi connectivity index (χ1n) is 13.7. The van der Waals surface area contributed by atoms with Crippen LogP contribution in [0.2, 0.25) is 0 Å². The molecule has 7 heteroatoms. The van der Waals surface area contributed by atoms with Crippen LogP contribution < -0.4 is 10.1 Å². The molecule has 1 aliphatic carbocycles. The number of anilines is 1. The first-order chi connectivity index (χ1) is 19.7. The van der Waals surface area contributed by atoms with E-state index in [2.05, 4.69) is 48.1 Å². The number of thiophene rings is 1. The van der Waals surface area contributed by atoms with E-state index in [4.69, 9.17) is 9.73 Å². The van der Waals surface area contributed by atoms with E-state index < -0.39 is 0 Å². The van der Waals surface area contributed by atoms with Gasteiger partial charge in [0, 0.05) is 22.3 Å². The summed E-state index contributed by atoms with van der Waals surface area (Å²) in [7, 11) is 0. The van der Waals surface area contributed by atoms with Gasteiger partial charge in [0.2, 0.25) is 0 Å². The van der Waals surface area contributed by atoms with Crippen molar-refractivity contribution in [2.24, 2.45) is 16.3 Å². The number of carbonyl (C=O) groups excluding carboxylic acids is 1. The van der Waals surface area contributed by atoms with Gasteiger partial charge in [-0.25, -0.2) is 4.99 Å². The standard InChI is InChI=1S/C34H32BrN3O2S/c1-34(2,3)25-14-15-27-30(18-25)41-33(31(27)32(39)38-26-11-5-4-6-12-26)37-20-22-13-16-29(28(35)17-22)40-21-24-10-8-7-9-23(24)19-36/h4-13,16-17,20,25H,14-15,18,21H2,1-3H3,(H,38,39)/t25-/m0/s1. The Morgan fingerprint density at radius 1 is 1.15 bits per heavy atom. The summed E-state index contributed by atoms with van der Waals surface area (Å²) in [6.07, 6.45) is 4.72. The predicted octanol–water partition coefficient (Wildman–Crippen LogP) is 9.12. The van der Waals surface area contributed by atoms with E-state index in [0.717, 1.165) is 51.1 Å². The Morgan fingerprint density at radius 2 is 1.90 bits per heavy atom. The van der Waals surface area contributed by atoms with Crippen molar-refractivity contribution in [2.45, 2.75) is 46.6 Å². The van der Waals surface area contributed by atoms with E-state index in [9.17, 15) is 10.1 Å². The third-order valence-electron chi connectivity index (χ3n) is 7.54. The van der Waals surface area contributed by atoms with Crippen molar-refractivity contribution in [3.63, 3.8) is 0 Å². The number of rotatable bonds is 7. The quantitative estimate of drug-likeness (QED) is 0.208. The molecule has 1 aliphatic rings. The molecule has 0 unspecified atom stereocenters. The number of carbonyl (C=O) groups is 1. The molecule has 1 amide bonds. The fourth-order valence-corrected chi connectivity index (χ4v) is 6.89. The molecule has 208 valence electrons. The number of para-hydroxylation sites is 1. The van der Waals surface area contributed by atoms with E-state index >= 15 is 0 Å². The van der Waals surface area contributed by atoms with Crippen LogP contribution in [0.15, 0.2) is 82.3 Å². The summed E-state index contributed by atoms with van der Waals surface area (Å²) in [6.45, 7) is 7.19. The summed E-state index contributed by atoms with van der Waals surface area (Å²) < 4.78 is 6.78. The van der Waals surface area contributed by atoms with Crippen molar-refractivity contribution in [2.75, 3.05) is 5.32 Å². The number of nitriles is 1. The summed E-state index contributed by atoms with van der Waals surface area (Å²) in [5.41, 5.74) is 5.13. The minimum atomic E-state index is -0.113. The highest BCUT2D eigenvalue weighted by atomic mass is 79.9. The Bertz CT molecular complexity index is 1630. The monoisotopic (exact) mass is 625 g/mol. The molecule has 1 heterocycles. The van der Waals surface area contributed by atoms with E-state index in [-0.39, 0.29) is 11.3 Å². The number of hydrogen-bond acceptors (Lipinski definition) is 5. The first-order valence-corrected chi connectivity index (χ1v) is 15.3. The highest BCUT2D eigenvalue weighted by molar-refractivity contribution is 9.10. The van der Waals surface area contributed by atoms with E-state index in [0.29, 0.717) is 29.4 Å². The summed E-state index contributed by atoms with van der Waals surface area (Å²) in [5, 5.41) is 13.2. The third kappa shape index (κ3) is 6.78. The second kappa shape index (κ2) is 12.4. The van der Waals surface area contributed by atoms with Crippen molar-refractivity contribution in [1.29, 1.82) is 5.26 Å². The average molecular weight is 627 g/mol. The summed E-state index contributed by atoms with van der Waals surface area (Å²) in [6, 6.07) is 25.0. The molecule has 4 aromatic rings. The zero-order chi connectivity index (χ0) is 29.0. The molecule has 41 heavy (non-hydrogen) atoms. The molecule has 5 nitrogen and oxygen atoms in total. The Kier molecular flexibility index (Phi) is 8.72. The largest absolute Gasteiger partial charge is 0.488 e. The first kappa shape index (κ1) is 28.8. The molecule has 0 fully saturated rings. The van der Waals surface area contributed by atoms with Crippen LogP contribution in [0, 0.1) is 22.7 Å². The minimum absolute atomic E-state index is 0.113. The van der Waals surface area contributed by atoms with Crippen LogP contribution in [-0.4, -0.2) is 12.1 Å². The van der Waals surface area contributed by atoms with Gasteiger partial charge in [0.05, 0.1) is 21.7 Å². The van der Waals surface area contributed by atoms with Crippen molar-refractivity contribution in [3.05, 3.63) is 110 Å². The topological polar surface area (TPSA) is 74.5 Å². The Hall–Kier alpha value is -3.73. The smallest absolute Gasteiger partial charge is 0.259 e. The number of hydrogen-bond donors (Lipinski definition) is 1. The van der Waals surface area contributed by atoms with Gasteiger partial charge in [0.15, 0.2) is 0 Å². The molecule has 0 aliphatic heterocycles. The second-order valence-corrected chi connectivity index (χ2v) is 13.3. The number of ether oxygens (including phenoxy) is 1. The van der Waals surface area contributed by atoms with Crippen LogP contribution in [0.3, 0.4) is 0 Å². The number of benzene rings is 3. The van der Waals surface area contributed by atoms with Gasteiger partial charge in [-0.3, -0.25) is 4.79 Å². The van der Waals surface area contributed by atoms with Gasteiger partial charge < -0.3 is 10.1 Å². The number of fused-ring (bicyclic) bond motifs is 1. The van der Waals surface area contributed by atoms with Crippen LogP contribution in [0.5, 0.6) is 5.75 Å². The molecule has 0 saturated carbocycles. The highest BCUT2D eigenvalue weighted by Gasteiger charge is 2.33. The zero-order valence-corrected chi connectivity index (χ0v) is 25.8. The summed E-state index contributed by atoms with van der Waals surface area (Å²) >= 11 is 5.25. The number of nitrogens with one attached hydrogen (secondary N) is 1. The second-order valence-electron chi connectivity index (χ2n) is 11.3. The average Bonchev–Trinajstić information content (AvgIpc) is 3.33. The molecule has 0 radical (unpaired) electrons. The van der Waals surface area contributed by atoms with Crippen molar-refractivity contribution in [1.82, 2.24) is 0 Å². The van der Waals surface area contributed by atoms with Crippen LogP contribution in [-0.2, 0) is 19.4 Å². The number of amides is 1. The molecule has 5 rings (SSSR count). The molecular weight excluding hydrogens is 594 g/mol. The molecule has 1 atom stereocenters. The number of aliphatic imine (C=N–C) groups is 1. The van der Waals surface area contributed by atoms with Crippen LogP contribution in [0.25, 0.3) is 0 Å². The summed E-state index contributed by atoms with van der Waals surface area (Å²) in [4.78, 5) is 19.7. The summed E-state index contributed by atoms with van der Waals surface area (Å²) in [5.74, 6) is 1.13. The molecular formula is C34H32BrN3O2S. The maximum Gasteiger partial charge on any atom is 0.259 e. The van der Waals surface area contributed by atoms with Crippen molar-refractivity contribution >= 4 is 50.1 Å². The Labute approximate surface area is 254 Å². The highest BCUT2D eigenvalue weighted by Crippen LogP contribution is 2.45. The van der Waals surface area contributed by atoms with Crippen LogP contribution in [0.4, 0.5) is 10.7 Å². The maximum absolute atomic E-state index is 13.6. The van der Waals surface area contributed by atoms with Crippen molar-refractivity contribution < 1.29 is 9.53 Å². The van der Waals surface area contributed by atoms with Gasteiger partial charge in [-0.15, -0.1) is 11.3 Å². The number of halogens is 1. The minimum Gasteiger partial charge on any atom is -0.488 e. The fourth-order valence-electron chi connectivity index (χ4n) is 5.11. The molecule has 0 saturated heterocycles. The SMILES string of the molecule is CC(C)(C)[C@H]1CCc2c(sc(N=Cc3ccc(OCc4ccccc4C#N)c(Br)c3)c2C(=O)Nc2ccccc2)C1. The van der Waals surface area contributed by atoms with Gasteiger partial charge in [-0.05, 0) is 94.1 Å². The van der Waals surface area contributed by atoms with Gasteiger partial charge in [0.25, 0.3) is 5.91 Å².